The molecule has 2 aromatic carbocycles. The number of nitriles is 1. The van der Waals surface area contributed by atoms with E-state index in [9.17, 15) is 4.39 Å². The maximum Gasteiger partial charge on any atom is 0.163 e. The summed E-state index contributed by atoms with van der Waals surface area (Å²) in [6.07, 6.45) is 0. The second-order valence-corrected chi connectivity index (χ2v) is 6.48. The van der Waals surface area contributed by atoms with Gasteiger partial charge in [0.1, 0.15) is 17.6 Å². The van der Waals surface area contributed by atoms with Crippen LogP contribution in [0.5, 0.6) is 0 Å². The molecule has 1 N–H and O–H groups in total. The number of aryl methyl sites for hydroxylation is 1. The Bertz CT molecular complexity index is 1100. The van der Waals surface area contributed by atoms with Gasteiger partial charge in [0.05, 0.1) is 0 Å². The first-order chi connectivity index (χ1) is 11.7. The zero-order valence-electron chi connectivity index (χ0n) is 12.7. The third-order valence-corrected chi connectivity index (χ3v) is 5.28. The first-order valence-electron chi connectivity index (χ1n) is 7.28. The number of nitrogens with zero attached hydrogens (tertiary/aromatic N) is 3. The normalized spacial score (nSPS) is 10.9. The van der Waals surface area contributed by atoms with Crippen LogP contribution in [-0.2, 0) is 0 Å². The van der Waals surface area contributed by atoms with E-state index in [1.165, 1.54) is 6.07 Å². The maximum atomic E-state index is 13.5. The lowest BCUT2D eigenvalue weighted by Crippen LogP contribution is -1.84. The first kappa shape index (κ1) is 14.5. The number of aromatic amines is 1. The fourth-order valence-corrected chi connectivity index (χ4v) is 3.97. The van der Waals surface area contributed by atoms with Crippen LogP contribution in [0.25, 0.3) is 31.8 Å². The van der Waals surface area contributed by atoms with Crippen LogP contribution in [-0.4, -0.2) is 15.4 Å². The minimum absolute atomic E-state index is 0.232. The number of fused-ring (bicyclic) bond motifs is 1. The molecule has 2 aromatic heterocycles. The molecule has 0 aliphatic rings. The molecule has 0 atom stereocenters. The topological polar surface area (TPSA) is 65.4 Å². The van der Waals surface area contributed by atoms with Crippen molar-refractivity contribution >= 4 is 21.4 Å². The second kappa shape index (κ2) is 5.55. The average Bonchev–Trinajstić information content (AvgIpc) is 3.20. The van der Waals surface area contributed by atoms with Gasteiger partial charge in [-0.05, 0) is 47.7 Å². The number of rotatable bonds is 2. The van der Waals surface area contributed by atoms with Gasteiger partial charge in [0.2, 0.25) is 0 Å². The Kier molecular flexibility index (Phi) is 3.36. The van der Waals surface area contributed by atoms with Crippen LogP contribution in [0.3, 0.4) is 0 Å². The van der Waals surface area contributed by atoms with Crippen molar-refractivity contribution in [3.05, 3.63) is 59.5 Å². The second-order valence-electron chi connectivity index (χ2n) is 5.42. The highest BCUT2D eigenvalue weighted by molar-refractivity contribution is 7.22. The van der Waals surface area contributed by atoms with Gasteiger partial charge in [-0.15, -0.1) is 16.4 Å². The summed E-state index contributed by atoms with van der Waals surface area (Å²) >= 11 is 1.63. The smallest absolute Gasteiger partial charge is 0.163 e. The van der Waals surface area contributed by atoms with Gasteiger partial charge in [-0.25, -0.2) is 9.49 Å². The predicted molar refractivity (Wildman–Crippen MR) is 92.0 cm³/mol. The van der Waals surface area contributed by atoms with E-state index in [0.29, 0.717) is 11.4 Å². The molecule has 0 spiro atoms. The molecule has 0 bridgehead atoms. The highest BCUT2D eigenvalue weighted by Crippen LogP contribution is 2.39. The van der Waals surface area contributed by atoms with Gasteiger partial charge in [0, 0.05) is 15.1 Å². The number of halogens is 1. The van der Waals surface area contributed by atoms with Crippen LogP contribution in [0.2, 0.25) is 0 Å². The predicted octanol–water partition coefficient (Wildman–Crippen LogP) is 4.67. The Morgan fingerprint density at radius 2 is 2.00 bits per heavy atom. The van der Waals surface area contributed by atoms with E-state index >= 15 is 0 Å². The quantitative estimate of drug-likeness (QED) is 0.579. The van der Waals surface area contributed by atoms with E-state index in [4.69, 9.17) is 5.26 Å². The maximum absolute atomic E-state index is 13.5. The summed E-state index contributed by atoms with van der Waals surface area (Å²) in [5, 5.41) is 20.3. The van der Waals surface area contributed by atoms with Crippen molar-refractivity contribution in [2.45, 2.75) is 6.92 Å². The Balaban J connectivity index is 1.88. The van der Waals surface area contributed by atoms with Gasteiger partial charge in [0.25, 0.3) is 0 Å². The van der Waals surface area contributed by atoms with Gasteiger partial charge in [-0.2, -0.15) is 5.26 Å². The van der Waals surface area contributed by atoms with Crippen LogP contribution in [0.15, 0.2) is 42.5 Å². The molecule has 6 heteroatoms. The van der Waals surface area contributed by atoms with Crippen molar-refractivity contribution in [1.29, 1.82) is 5.26 Å². The summed E-state index contributed by atoms with van der Waals surface area (Å²) in [4.78, 5) is 1.08. The minimum Gasteiger partial charge on any atom is -0.247 e. The van der Waals surface area contributed by atoms with Crippen molar-refractivity contribution in [3.63, 3.8) is 0 Å². The van der Waals surface area contributed by atoms with E-state index < -0.39 is 0 Å². The highest BCUT2D eigenvalue weighted by atomic mass is 32.1. The number of hydrogen-bond acceptors (Lipinski definition) is 4. The molecular formula is C18H11FN4S. The Morgan fingerprint density at radius 1 is 1.17 bits per heavy atom. The lowest BCUT2D eigenvalue weighted by atomic mass is 10.0. The van der Waals surface area contributed by atoms with E-state index in [1.54, 1.807) is 23.5 Å². The third kappa shape index (κ3) is 2.27. The largest absolute Gasteiger partial charge is 0.247 e. The molecule has 24 heavy (non-hydrogen) atoms. The number of hydrogen-bond donors (Lipinski definition) is 1. The summed E-state index contributed by atoms with van der Waals surface area (Å²) < 4.78 is 14.6. The fourth-order valence-electron chi connectivity index (χ4n) is 2.78. The SMILES string of the molecule is Cc1c(-c2cccc(-c3nn[nH]c3C#N)c2)sc2ccc(F)cc12. The first-order valence-corrected chi connectivity index (χ1v) is 8.09. The molecule has 2 heterocycles. The van der Waals surface area contributed by atoms with Gasteiger partial charge in [-0.3, -0.25) is 0 Å². The Morgan fingerprint density at radius 3 is 2.83 bits per heavy atom. The molecule has 0 aliphatic carbocycles. The molecule has 4 nitrogen and oxygen atoms in total. The molecule has 0 fully saturated rings. The van der Waals surface area contributed by atoms with Crippen molar-refractivity contribution in [1.82, 2.24) is 15.4 Å². The Hall–Kier alpha value is -3.04. The third-order valence-electron chi connectivity index (χ3n) is 3.96. The summed E-state index contributed by atoms with van der Waals surface area (Å²) in [6.45, 7) is 2.00. The van der Waals surface area contributed by atoms with Gasteiger partial charge in [0.15, 0.2) is 5.69 Å². The van der Waals surface area contributed by atoms with Crippen LogP contribution >= 0.6 is 11.3 Å². The standard InChI is InChI=1S/C18H11FN4S/c1-10-14-8-13(19)5-6-16(14)24-18(10)12-4-2-3-11(7-12)17-15(9-20)21-23-22-17/h2-8H,1H3,(H,21,22,23). The molecule has 4 aromatic rings. The number of thiophene rings is 1. The van der Waals surface area contributed by atoms with Crippen LogP contribution in [0.1, 0.15) is 11.3 Å². The van der Waals surface area contributed by atoms with Crippen molar-refractivity contribution in [2.75, 3.05) is 0 Å². The minimum atomic E-state index is -0.232. The molecule has 0 aliphatic heterocycles. The summed E-state index contributed by atoms with van der Waals surface area (Å²) in [7, 11) is 0. The molecule has 116 valence electrons. The summed E-state index contributed by atoms with van der Waals surface area (Å²) in [5.74, 6) is -0.232. The van der Waals surface area contributed by atoms with E-state index in [-0.39, 0.29) is 5.82 Å². The van der Waals surface area contributed by atoms with E-state index in [2.05, 4.69) is 21.5 Å². The molecule has 0 saturated carbocycles. The molecule has 4 rings (SSSR count). The average molecular weight is 334 g/mol. The molecule has 0 amide bonds. The van der Waals surface area contributed by atoms with E-state index in [0.717, 1.165) is 31.7 Å². The van der Waals surface area contributed by atoms with Gasteiger partial charge in [-0.1, -0.05) is 23.4 Å². The monoisotopic (exact) mass is 334 g/mol. The van der Waals surface area contributed by atoms with Crippen molar-refractivity contribution < 1.29 is 4.39 Å². The number of H-pyrrole nitrogens is 1. The molecular weight excluding hydrogens is 323 g/mol. The number of nitrogens with one attached hydrogen (secondary N) is 1. The fraction of sp³-hybridized carbons (Fsp3) is 0.0556. The molecule has 0 saturated heterocycles. The zero-order valence-corrected chi connectivity index (χ0v) is 13.5. The van der Waals surface area contributed by atoms with Crippen LogP contribution < -0.4 is 0 Å². The Labute approximate surface area is 141 Å². The highest BCUT2D eigenvalue weighted by Gasteiger charge is 2.14. The van der Waals surface area contributed by atoms with Crippen LogP contribution in [0, 0.1) is 24.1 Å². The van der Waals surface area contributed by atoms with Crippen LogP contribution in [0.4, 0.5) is 4.39 Å². The zero-order chi connectivity index (χ0) is 16.7. The van der Waals surface area contributed by atoms with Gasteiger partial charge >= 0.3 is 0 Å². The van der Waals surface area contributed by atoms with Gasteiger partial charge < -0.3 is 0 Å². The number of benzene rings is 2. The summed E-state index contributed by atoms with van der Waals surface area (Å²) in [6, 6.07) is 14.7. The lowest BCUT2D eigenvalue weighted by Gasteiger charge is -2.03. The summed E-state index contributed by atoms with van der Waals surface area (Å²) in [5.41, 5.74) is 3.75. The number of aromatic nitrogens is 3. The lowest BCUT2D eigenvalue weighted by molar-refractivity contribution is 0.630. The van der Waals surface area contributed by atoms with Crippen molar-refractivity contribution in [3.8, 4) is 27.8 Å². The van der Waals surface area contributed by atoms with Crippen molar-refractivity contribution in [2.24, 2.45) is 0 Å². The molecule has 0 radical (unpaired) electrons. The van der Waals surface area contributed by atoms with E-state index in [1.807, 2.05) is 31.2 Å². The molecule has 0 unspecified atom stereocenters.